The molecule has 3 nitrogen and oxygen atoms in total. The first kappa shape index (κ1) is 14.3. The van der Waals surface area contributed by atoms with Gasteiger partial charge in [0.2, 0.25) is 0 Å². The maximum Gasteiger partial charge on any atom is 0.110 e. The van der Waals surface area contributed by atoms with Crippen molar-refractivity contribution in [3.05, 3.63) is 39.8 Å². The number of imidazole rings is 1. The predicted molar refractivity (Wildman–Crippen MR) is 81.3 cm³/mol. The Hall–Kier alpha value is -1.13. The molecule has 0 amide bonds. The molecule has 0 aliphatic heterocycles. The topological polar surface area (TPSA) is 48.9 Å². The van der Waals surface area contributed by atoms with Crippen molar-refractivity contribution in [3.8, 4) is 11.3 Å². The lowest BCUT2D eigenvalue weighted by molar-refractivity contribution is 0.297. The number of rotatable bonds is 4. The Morgan fingerprint density at radius 1 is 1.37 bits per heavy atom. The highest BCUT2D eigenvalue weighted by Crippen LogP contribution is 2.31. The molecular formula is C15H19BrN2O. The SMILES string of the molecule is Cc1ccc(C(C)C)cc1-c1nc(CCO)[nH]c1Br. The molecule has 1 heterocycles. The van der Waals surface area contributed by atoms with E-state index in [1.807, 2.05) is 0 Å². The lowest BCUT2D eigenvalue weighted by Crippen LogP contribution is -1.93. The average Bonchev–Trinajstić information content (AvgIpc) is 2.71. The van der Waals surface area contributed by atoms with Crippen LogP contribution in [0.2, 0.25) is 0 Å². The van der Waals surface area contributed by atoms with Gasteiger partial charge in [0, 0.05) is 12.0 Å². The first-order chi connectivity index (χ1) is 9.02. The molecule has 102 valence electrons. The van der Waals surface area contributed by atoms with Crippen LogP contribution in [0.25, 0.3) is 11.3 Å². The molecule has 2 N–H and O–H groups in total. The van der Waals surface area contributed by atoms with Gasteiger partial charge in [0.1, 0.15) is 16.1 Å². The van der Waals surface area contributed by atoms with Crippen LogP contribution in [0.4, 0.5) is 0 Å². The zero-order valence-electron chi connectivity index (χ0n) is 11.5. The second-order valence-corrected chi connectivity index (χ2v) is 5.84. The third-order valence-electron chi connectivity index (χ3n) is 3.24. The summed E-state index contributed by atoms with van der Waals surface area (Å²) in [4.78, 5) is 7.73. The van der Waals surface area contributed by atoms with Crippen LogP contribution in [0.5, 0.6) is 0 Å². The number of nitrogens with one attached hydrogen (secondary N) is 1. The first-order valence-corrected chi connectivity index (χ1v) is 7.28. The van der Waals surface area contributed by atoms with E-state index < -0.39 is 0 Å². The number of aliphatic hydroxyl groups excluding tert-OH is 1. The summed E-state index contributed by atoms with van der Waals surface area (Å²) < 4.78 is 0.875. The Kier molecular flexibility index (Phi) is 4.42. The van der Waals surface area contributed by atoms with E-state index in [9.17, 15) is 0 Å². The molecule has 0 spiro atoms. The smallest absolute Gasteiger partial charge is 0.110 e. The molecule has 0 saturated carbocycles. The van der Waals surface area contributed by atoms with Crippen molar-refractivity contribution in [1.82, 2.24) is 9.97 Å². The number of aromatic amines is 1. The summed E-state index contributed by atoms with van der Waals surface area (Å²) in [5, 5.41) is 8.99. The quantitative estimate of drug-likeness (QED) is 0.899. The number of H-pyrrole nitrogens is 1. The number of benzene rings is 1. The minimum atomic E-state index is 0.102. The van der Waals surface area contributed by atoms with Crippen molar-refractivity contribution in [2.75, 3.05) is 6.61 Å². The highest BCUT2D eigenvalue weighted by molar-refractivity contribution is 9.10. The predicted octanol–water partition coefficient (Wildman–Crippen LogP) is 3.81. The van der Waals surface area contributed by atoms with Crippen molar-refractivity contribution >= 4 is 15.9 Å². The zero-order valence-corrected chi connectivity index (χ0v) is 13.1. The lowest BCUT2D eigenvalue weighted by atomic mass is 9.96. The fourth-order valence-electron chi connectivity index (χ4n) is 2.05. The molecule has 19 heavy (non-hydrogen) atoms. The second kappa shape index (κ2) is 5.88. The molecule has 4 heteroatoms. The molecule has 0 radical (unpaired) electrons. The van der Waals surface area contributed by atoms with E-state index in [4.69, 9.17) is 5.11 Å². The number of nitrogens with zero attached hydrogens (tertiary/aromatic N) is 1. The van der Waals surface area contributed by atoms with Gasteiger partial charge in [0.05, 0.1) is 6.61 Å². The van der Waals surface area contributed by atoms with E-state index in [0.717, 1.165) is 21.7 Å². The molecule has 0 unspecified atom stereocenters. The minimum Gasteiger partial charge on any atom is -0.396 e. The molecular weight excluding hydrogens is 304 g/mol. The van der Waals surface area contributed by atoms with Gasteiger partial charge >= 0.3 is 0 Å². The first-order valence-electron chi connectivity index (χ1n) is 6.49. The normalized spacial score (nSPS) is 11.3. The summed E-state index contributed by atoms with van der Waals surface area (Å²) >= 11 is 3.52. The summed E-state index contributed by atoms with van der Waals surface area (Å²) in [6, 6.07) is 6.50. The minimum absolute atomic E-state index is 0.102. The molecule has 2 rings (SSSR count). The monoisotopic (exact) mass is 322 g/mol. The van der Waals surface area contributed by atoms with Crippen LogP contribution in [-0.2, 0) is 6.42 Å². The van der Waals surface area contributed by atoms with Gasteiger partial charge in [-0.2, -0.15) is 0 Å². The van der Waals surface area contributed by atoms with Gasteiger partial charge in [0.15, 0.2) is 0 Å². The van der Waals surface area contributed by atoms with Crippen molar-refractivity contribution in [2.45, 2.75) is 33.1 Å². The van der Waals surface area contributed by atoms with Gasteiger partial charge in [-0.25, -0.2) is 4.98 Å². The highest BCUT2D eigenvalue weighted by Gasteiger charge is 2.13. The van der Waals surface area contributed by atoms with Gasteiger partial charge < -0.3 is 10.1 Å². The fraction of sp³-hybridized carbons (Fsp3) is 0.400. The summed E-state index contributed by atoms with van der Waals surface area (Å²) in [7, 11) is 0. The van der Waals surface area contributed by atoms with Crippen molar-refractivity contribution in [3.63, 3.8) is 0 Å². The lowest BCUT2D eigenvalue weighted by Gasteiger charge is -2.10. The van der Waals surface area contributed by atoms with Crippen LogP contribution in [0, 0.1) is 6.92 Å². The Morgan fingerprint density at radius 3 is 2.74 bits per heavy atom. The van der Waals surface area contributed by atoms with E-state index in [2.05, 4.69) is 64.9 Å². The summed E-state index contributed by atoms with van der Waals surface area (Å²) in [6.07, 6.45) is 0.543. The van der Waals surface area contributed by atoms with Crippen LogP contribution in [0.3, 0.4) is 0 Å². The third kappa shape index (κ3) is 3.07. The van der Waals surface area contributed by atoms with Crippen LogP contribution in [-0.4, -0.2) is 21.7 Å². The van der Waals surface area contributed by atoms with Crippen molar-refractivity contribution < 1.29 is 5.11 Å². The standard InChI is InChI=1S/C15H19BrN2O/c1-9(2)11-5-4-10(3)12(8-11)14-15(16)18-13(17-14)6-7-19/h4-5,8-9,19H,6-7H2,1-3H3,(H,17,18). The summed E-state index contributed by atoms with van der Waals surface area (Å²) in [5.74, 6) is 1.30. The molecule has 0 atom stereocenters. The number of hydrogen-bond donors (Lipinski definition) is 2. The molecule has 0 fully saturated rings. The van der Waals surface area contributed by atoms with E-state index >= 15 is 0 Å². The van der Waals surface area contributed by atoms with Gasteiger partial charge in [-0.1, -0.05) is 26.0 Å². The van der Waals surface area contributed by atoms with Gasteiger partial charge in [-0.05, 0) is 46.0 Å². The van der Waals surface area contributed by atoms with Crippen LogP contribution >= 0.6 is 15.9 Å². The van der Waals surface area contributed by atoms with Crippen LogP contribution in [0.1, 0.15) is 36.7 Å². The molecule has 0 saturated heterocycles. The van der Waals surface area contributed by atoms with Crippen molar-refractivity contribution in [2.24, 2.45) is 0 Å². The average molecular weight is 323 g/mol. The Balaban J connectivity index is 2.48. The number of aryl methyl sites for hydroxylation is 1. The van der Waals surface area contributed by atoms with E-state index in [-0.39, 0.29) is 6.61 Å². The van der Waals surface area contributed by atoms with Gasteiger partial charge in [0.25, 0.3) is 0 Å². The number of aliphatic hydroxyl groups is 1. The van der Waals surface area contributed by atoms with E-state index in [1.165, 1.54) is 11.1 Å². The Bertz CT molecular complexity index is 576. The molecule has 1 aromatic heterocycles. The largest absolute Gasteiger partial charge is 0.396 e. The maximum atomic E-state index is 8.99. The molecule has 1 aromatic carbocycles. The maximum absolute atomic E-state index is 8.99. The molecule has 0 aliphatic rings. The number of halogens is 1. The Labute approximate surface area is 122 Å². The summed E-state index contributed by atoms with van der Waals surface area (Å²) in [6.45, 7) is 6.56. The Morgan fingerprint density at radius 2 is 2.11 bits per heavy atom. The summed E-state index contributed by atoms with van der Waals surface area (Å²) in [5.41, 5.74) is 4.56. The van der Waals surface area contributed by atoms with Crippen LogP contribution < -0.4 is 0 Å². The van der Waals surface area contributed by atoms with Crippen molar-refractivity contribution in [1.29, 1.82) is 0 Å². The molecule has 2 aromatic rings. The highest BCUT2D eigenvalue weighted by atomic mass is 79.9. The second-order valence-electron chi connectivity index (χ2n) is 5.05. The fourth-order valence-corrected chi connectivity index (χ4v) is 2.59. The number of hydrogen-bond acceptors (Lipinski definition) is 2. The van der Waals surface area contributed by atoms with Gasteiger partial charge in [-0.15, -0.1) is 0 Å². The zero-order chi connectivity index (χ0) is 14.0. The third-order valence-corrected chi connectivity index (χ3v) is 3.81. The number of aromatic nitrogens is 2. The molecule has 0 bridgehead atoms. The van der Waals surface area contributed by atoms with Crippen LogP contribution in [0.15, 0.2) is 22.8 Å². The van der Waals surface area contributed by atoms with Gasteiger partial charge in [-0.3, -0.25) is 0 Å². The van der Waals surface area contributed by atoms with E-state index in [1.54, 1.807) is 0 Å². The molecule has 0 aliphatic carbocycles. The van der Waals surface area contributed by atoms with E-state index in [0.29, 0.717) is 12.3 Å².